The van der Waals surface area contributed by atoms with Crippen LogP contribution in [0.4, 0.5) is 5.69 Å². The van der Waals surface area contributed by atoms with Gasteiger partial charge in [-0.2, -0.15) is 0 Å². The predicted molar refractivity (Wildman–Crippen MR) is 67.6 cm³/mol. The molecule has 0 bridgehead atoms. The third-order valence-corrected chi connectivity index (χ3v) is 3.67. The molecule has 0 radical (unpaired) electrons. The van der Waals surface area contributed by atoms with Gasteiger partial charge in [0.15, 0.2) is 0 Å². The van der Waals surface area contributed by atoms with E-state index in [1.165, 1.54) is 19.2 Å². The molecular weight excluding hydrogens is 258 g/mol. The zero-order valence-corrected chi connectivity index (χ0v) is 10.7. The van der Waals surface area contributed by atoms with Gasteiger partial charge in [0.05, 0.1) is 10.7 Å². The molecule has 1 aromatic carbocycles. The molecule has 0 heterocycles. The molecule has 100 valence electrons. The summed E-state index contributed by atoms with van der Waals surface area (Å²) in [5.41, 5.74) is 0.767. The summed E-state index contributed by atoms with van der Waals surface area (Å²) in [6, 6.07) is 6.21. The number of rotatable bonds is 7. The molecule has 0 fully saturated rings. The molecule has 2 N–H and O–H groups in total. The minimum absolute atomic E-state index is 0.0251. The Balaban J connectivity index is 2.45. The molecule has 18 heavy (non-hydrogen) atoms. The van der Waals surface area contributed by atoms with E-state index in [1.54, 1.807) is 12.1 Å². The predicted octanol–water partition coefficient (Wildman–Crippen LogP) is 0.234. The molecule has 0 aliphatic heterocycles. The Kier molecular flexibility index (Phi) is 5.20. The molecule has 0 amide bonds. The lowest BCUT2D eigenvalue weighted by Gasteiger charge is -2.05. The highest BCUT2D eigenvalue weighted by Crippen LogP contribution is 2.12. The molecule has 8 heteroatoms. The van der Waals surface area contributed by atoms with Gasteiger partial charge in [-0.05, 0) is 12.6 Å². The number of benzene rings is 1. The number of nitro benzene ring substituents is 1. The van der Waals surface area contributed by atoms with Crippen LogP contribution in [0, 0.1) is 10.1 Å². The number of non-ortho nitro benzene ring substituents is 1. The van der Waals surface area contributed by atoms with Crippen molar-refractivity contribution in [3.8, 4) is 0 Å². The second-order valence-corrected chi connectivity index (χ2v) is 5.67. The third-order valence-electron chi connectivity index (χ3n) is 2.31. The molecule has 0 aliphatic carbocycles. The van der Waals surface area contributed by atoms with Crippen molar-refractivity contribution in [2.45, 2.75) is 6.54 Å². The van der Waals surface area contributed by atoms with Crippen molar-refractivity contribution in [2.24, 2.45) is 0 Å². The van der Waals surface area contributed by atoms with Gasteiger partial charge >= 0.3 is 0 Å². The van der Waals surface area contributed by atoms with E-state index in [0.29, 0.717) is 6.54 Å². The summed E-state index contributed by atoms with van der Waals surface area (Å²) in [5.74, 6) is -0.0293. The van der Waals surface area contributed by atoms with E-state index < -0.39 is 14.9 Å². The molecule has 0 aliphatic rings. The lowest BCUT2D eigenvalue weighted by atomic mass is 10.2. The smallest absolute Gasteiger partial charge is 0.269 e. The minimum Gasteiger partial charge on any atom is -0.312 e. The molecule has 7 nitrogen and oxygen atoms in total. The number of nitrogens with zero attached hydrogens (tertiary/aromatic N) is 1. The quantitative estimate of drug-likeness (QED) is 0.421. The molecule has 0 saturated carbocycles. The summed E-state index contributed by atoms with van der Waals surface area (Å²) in [5, 5.41) is 13.5. The summed E-state index contributed by atoms with van der Waals surface area (Å²) >= 11 is 0. The van der Waals surface area contributed by atoms with Crippen molar-refractivity contribution in [2.75, 3.05) is 19.3 Å². The second-order valence-electron chi connectivity index (χ2n) is 3.63. The van der Waals surface area contributed by atoms with Crippen LogP contribution < -0.4 is 10.0 Å². The maximum atomic E-state index is 11.1. The normalized spacial score (nSPS) is 11.4. The van der Waals surface area contributed by atoms with Crippen LogP contribution in [0.1, 0.15) is 5.56 Å². The van der Waals surface area contributed by atoms with E-state index in [2.05, 4.69) is 10.0 Å². The fraction of sp³-hybridized carbons (Fsp3) is 0.400. The van der Waals surface area contributed by atoms with Gasteiger partial charge in [-0.3, -0.25) is 10.1 Å². The Morgan fingerprint density at radius 3 is 2.72 bits per heavy atom. The fourth-order valence-electron chi connectivity index (χ4n) is 1.32. The molecule has 0 spiro atoms. The van der Waals surface area contributed by atoms with Gasteiger partial charge < -0.3 is 5.32 Å². The number of sulfonamides is 1. The van der Waals surface area contributed by atoms with Crippen molar-refractivity contribution < 1.29 is 13.3 Å². The van der Waals surface area contributed by atoms with Gasteiger partial charge in [0.2, 0.25) is 10.0 Å². The summed E-state index contributed by atoms with van der Waals surface area (Å²) in [6.07, 6.45) is 0. The number of nitro groups is 1. The lowest BCUT2D eigenvalue weighted by Crippen LogP contribution is -2.29. The first kappa shape index (κ1) is 14.6. The Morgan fingerprint density at radius 1 is 1.39 bits per heavy atom. The fourth-order valence-corrected chi connectivity index (χ4v) is 1.94. The highest BCUT2D eigenvalue weighted by atomic mass is 32.2. The molecule has 0 unspecified atom stereocenters. The SMILES string of the molecule is CNS(=O)(=O)CCNCc1cccc([N+](=O)[O-])c1. The Hall–Kier alpha value is -1.51. The largest absolute Gasteiger partial charge is 0.312 e. The van der Waals surface area contributed by atoms with E-state index in [0.717, 1.165) is 5.56 Å². The number of hydrogen-bond donors (Lipinski definition) is 2. The van der Waals surface area contributed by atoms with Gasteiger partial charge in [0, 0.05) is 25.2 Å². The van der Waals surface area contributed by atoms with Crippen LogP contribution in [0.15, 0.2) is 24.3 Å². The summed E-state index contributed by atoms with van der Waals surface area (Å²) in [6.45, 7) is 0.673. The average Bonchev–Trinajstić information content (AvgIpc) is 2.35. The van der Waals surface area contributed by atoms with E-state index in [-0.39, 0.29) is 18.0 Å². The molecule has 0 atom stereocenters. The summed E-state index contributed by atoms with van der Waals surface area (Å²) < 4.78 is 24.4. The van der Waals surface area contributed by atoms with E-state index in [1.807, 2.05) is 0 Å². The van der Waals surface area contributed by atoms with Gasteiger partial charge in [-0.1, -0.05) is 12.1 Å². The van der Waals surface area contributed by atoms with E-state index >= 15 is 0 Å². The van der Waals surface area contributed by atoms with E-state index in [4.69, 9.17) is 0 Å². The molecule has 0 saturated heterocycles. The van der Waals surface area contributed by atoms with Gasteiger partial charge in [0.25, 0.3) is 5.69 Å². The first-order chi connectivity index (χ1) is 8.44. The Bertz CT molecular complexity index is 516. The van der Waals surface area contributed by atoms with Crippen LogP contribution in [0.3, 0.4) is 0 Å². The standard InChI is InChI=1S/C10H15N3O4S/c1-11-18(16,17)6-5-12-8-9-3-2-4-10(7-9)13(14)15/h2-4,7,11-12H,5-6,8H2,1H3. The van der Waals surface area contributed by atoms with Crippen molar-refractivity contribution in [1.29, 1.82) is 0 Å². The van der Waals surface area contributed by atoms with E-state index in [9.17, 15) is 18.5 Å². The number of hydrogen-bond acceptors (Lipinski definition) is 5. The molecule has 0 aromatic heterocycles. The van der Waals surface area contributed by atoms with Crippen LogP contribution in [0.25, 0.3) is 0 Å². The number of nitrogens with one attached hydrogen (secondary N) is 2. The molecular formula is C10H15N3O4S. The van der Waals surface area contributed by atoms with Crippen LogP contribution in [0.2, 0.25) is 0 Å². The Labute approximate surface area is 105 Å². The monoisotopic (exact) mass is 273 g/mol. The topological polar surface area (TPSA) is 101 Å². The maximum Gasteiger partial charge on any atom is 0.269 e. The highest BCUT2D eigenvalue weighted by Gasteiger charge is 2.07. The van der Waals surface area contributed by atoms with Crippen LogP contribution in [-0.4, -0.2) is 32.7 Å². The van der Waals surface area contributed by atoms with Crippen LogP contribution in [0.5, 0.6) is 0 Å². The van der Waals surface area contributed by atoms with Crippen molar-refractivity contribution >= 4 is 15.7 Å². The zero-order valence-electron chi connectivity index (χ0n) is 9.92. The Morgan fingerprint density at radius 2 is 2.11 bits per heavy atom. The molecule has 1 aromatic rings. The van der Waals surface area contributed by atoms with Gasteiger partial charge in [-0.25, -0.2) is 13.1 Å². The second kappa shape index (κ2) is 6.43. The maximum absolute atomic E-state index is 11.1. The molecule has 1 rings (SSSR count). The zero-order chi connectivity index (χ0) is 13.6. The van der Waals surface area contributed by atoms with Gasteiger partial charge in [-0.15, -0.1) is 0 Å². The first-order valence-corrected chi connectivity index (χ1v) is 6.95. The van der Waals surface area contributed by atoms with Crippen LogP contribution in [-0.2, 0) is 16.6 Å². The van der Waals surface area contributed by atoms with Crippen molar-refractivity contribution in [3.63, 3.8) is 0 Å². The van der Waals surface area contributed by atoms with Crippen LogP contribution >= 0.6 is 0 Å². The minimum atomic E-state index is -3.22. The lowest BCUT2D eigenvalue weighted by molar-refractivity contribution is -0.384. The van der Waals surface area contributed by atoms with Crippen molar-refractivity contribution in [3.05, 3.63) is 39.9 Å². The first-order valence-electron chi connectivity index (χ1n) is 5.30. The average molecular weight is 273 g/mol. The summed E-state index contributed by atoms with van der Waals surface area (Å²) in [4.78, 5) is 10.1. The van der Waals surface area contributed by atoms with Crippen molar-refractivity contribution in [1.82, 2.24) is 10.0 Å². The van der Waals surface area contributed by atoms with Gasteiger partial charge in [0.1, 0.15) is 0 Å². The summed E-state index contributed by atoms with van der Waals surface area (Å²) in [7, 11) is -1.86. The third kappa shape index (κ3) is 4.78. The highest BCUT2D eigenvalue weighted by molar-refractivity contribution is 7.89.